The van der Waals surface area contributed by atoms with Crippen LogP contribution in [0.15, 0.2) is 0 Å². The lowest BCUT2D eigenvalue weighted by atomic mass is 9.40. The Bertz CT molecular complexity index is 512. The Labute approximate surface area is 128 Å². The first-order valence-electron chi connectivity index (χ1n) is 8.25. The zero-order chi connectivity index (χ0) is 15.5. The zero-order valence-electron chi connectivity index (χ0n) is 13.3. The van der Waals surface area contributed by atoms with Crippen LogP contribution in [0.25, 0.3) is 0 Å². The normalized spacial score (nSPS) is 46.8. The third-order valence-corrected chi connectivity index (χ3v) is 7.32. The number of hydrogen-bond donors (Lipinski definition) is 2. The predicted octanol–water partition coefficient (Wildman–Crippen LogP) is 3.33. The molecule has 122 valence electrons. The SMILES string of the molecule is CC12CC3CC(C)(C1)CC(CCCC(N)S(=O)(=O)O)(C3)C2. The van der Waals surface area contributed by atoms with Gasteiger partial charge in [0.2, 0.25) is 0 Å². The highest BCUT2D eigenvalue weighted by Crippen LogP contribution is 2.70. The maximum absolute atomic E-state index is 11.0. The quantitative estimate of drug-likeness (QED) is 0.763. The molecule has 3 N–H and O–H groups in total. The molecule has 3 unspecified atom stereocenters. The van der Waals surface area contributed by atoms with Gasteiger partial charge >= 0.3 is 0 Å². The summed E-state index contributed by atoms with van der Waals surface area (Å²) in [5.74, 6) is 0.867. The van der Waals surface area contributed by atoms with Crippen LogP contribution >= 0.6 is 0 Å². The molecule has 4 rings (SSSR count). The predicted molar refractivity (Wildman–Crippen MR) is 83.2 cm³/mol. The van der Waals surface area contributed by atoms with Gasteiger partial charge in [-0.2, -0.15) is 8.42 Å². The molecule has 0 aromatic carbocycles. The summed E-state index contributed by atoms with van der Waals surface area (Å²) < 4.78 is 31.0. The Balaban J connectivity index is 1.66. The Morgan fingerprint density at radius 1 is 1.14 bits per heavy atom. The molecule has 0 aromatic rings. The Kier molecular flexibility index (Phi) is 3.51. The first-order chi connectivity index (χ1) is 9.53. The van der Waals surface area contributed by atoms with Gasteiger partial charge in [-0.05, 0) is 73.5 Å². The van der Waals surface area contributed by atoms with E-state index in [0.717, 1.165) is 18.8 Å². The van der Waals surface area contributed by atoms with E-state index in [0.29, 0.717) is 22.7 Å². The van der Waals surface area contributed by atoms with E-state index in [4.69, 9.17) is 10.3 Å². The third kappa shape index (κ3) is 3.02. The van der Waals surface area contributed by atoms with Crippen molar-refractivity contribution in [3.8, 4) is 0 Å². The Morgan fingerprint density at radius 3 is 2.19 bits per heavy atom. The van der Waals surface area contributed by atoms with Crippen molar-refractivity contribution in [2.24, 2.45) is 27.9 Å². The van der Waals surface area contributed by atoms with E-state index in [-0.39, 0.29) is 0 Å². The summed E-state index contributed by atoms with van der Waals surface area (Å²) in [4.78, 5) is 0. The fourth-order valence-electron chi connectivity index (χ4n) is 6.79. The van der Waals surface area contributed by atoms with Gasteiger partial charge in [-0.3, -0.25) is 4.55 Å². The highest BCUT2D eigenvalue weighted by atomic mass is 32.2. The van der Waals surface area contributed by atoms with Crippen LogP contribution in [-0.2, 0) is 10.1 Å². The summed E-state index contributed by atoms with van der Waals surface area (Å²) in [6.45, 7) is 4.91. The molecule has 0 radical (unpaired) electrons. The molecule has 3 atom stereocenters. The van der Waals surface area contributed by atoms with E-state index >= 15 is 0 Å². The van der Waals surface area contributed by atoms with Gasteiger partial charge in [0.05, 0.1) is 0 Å². The van der Waals surface area contributed by atoms with E-state index in [1.807, 2.05) is 0 Å². The van der Waals surface area contributed by atoms with E-state index in [9.17, 15) is 8.42 Å². The molecular formula is C16H29NO3S. The van der Waals surface area contributed by atoms with Gasteiger partial charge in [0.1, 0.15) is 5.37 Å². The first-order valence-corrected chi connectivity index (χ1v) is 9.76. The van der Waals surface area contributed by atoms with Gasteiger partial charge in [0.25, 0.3) is 10.1 Å². The van der Waals surface area contributed by atoms with Gasteiger partial charge in [0, 0.05) is 0 Å². The summed E-state index contributed by atoms with van der Waals surface area (Å²) in [5.41, 5.74) is 6.95. The molecule has 4 nitrogen and oxygen atoms in total. The first kappa shape index (κ1) is 15.8. The van der Waals surface area contributed by atoms with Crippen molar-refractivity contribution >= 4 is 10.1 Å². The third-order valence-electron chi connectivity index (χ3n) is 6.32. The second-order valence-electron chi connectivity index (χ2n) is 9.08. The summed E-state index contributed by atoms with van der Waals surface area (Å²) in [6.07, 6.45) is 10.3. The maximum Gasteiger partial charge on any atom is 0.280 e. The average Bonchev–Trinajstić information content (AvgIpc) is 2.21. The van der Waals surface area contributed by atoms with Crippen molar-refractivity contribution in [2.45, 2.75) is 77.0 Å². The van der Waals surface area contributed by atoms with Gasteiger partial charge in [0.15, 0.2) is 0 Å². The van der Waals surface area contributed by atoms with E-state index in [1.165, 1.54) is 38.5 Å². The van der Waals surface area contributed by atoms with Crippen molar-refractivity contribution in [3.05, 3.63) is 0 Å². The van der Waals surface area contributed by atoms with Crippen molar-refractivity contribution in [2.75, 3.05) is 0 Å². The molecule has 0 aromatic heterocycles. The lowest BCUT2D eigenvalue weighted by Crippen LogP contribution is -2.54. The van der Waals surface area contributed by atoms with Crippen molar-refractivity contribution < 1.29 is 13.0 Å². The lowest BCUT2D eigenvalue weighted by Gasteiger charge is -2.65. The van der Waals surface area contributed by atoms with Gasteiger partial charge in [-0.1, -0.05) is 20.3 Å². The van der Waals surface area contributed by atoms with Crippen molar-refractivity contribution in [1.29, 1.82) is 0 Å². The fraction of sp³-hybridized carbons (Fsp3) is 1.00. The van der Waals surface area contributed by atoms with Crippen molar-refractivity contribution in [1.82, 2.24) is 0 Å². The van der Waals surface area contributed by atoms with Crippen LogP contribution in [0.3, 0.4) is 0 Å². The van der Waals surface area contributed by atoms with Crippen LogP contribution < -0.4 is 5.73 Å². The highest BCUT2D eigenvalue weighted by Gasteiger charge is 2.59. The van der Waals surface area contributed by atoms with Crippen molar-refractivity contribution in [3.63, 3.8) is 0 Å². The second-order valence-corrected chi connectivity index (χ2v) is 10.7. The molecule has 5 heteroatoms. The minimum absolute atomic E-state index is 0.374. The van der Waals surface area contributed by atoms with Gasteiger partial charge in [-0.15, -0.1) is 0 Å². The van der Waals surface area contributed by atoms with Crippen LogP contribution in [0.2, 0.25) is 0 Å². The van der Waals surface area contributed by atoms with Crippen LogP contribution in [-0.4, -0.2) is 18.3 Å². The Hall–Kier alpha value is -0.130. The molecular weight excluding hydrogens is 286 g/mol. The summed E-state index contributed by atoms with van der Waals surface area (Å²) >= 11 is 0. The lowest BCUT2D eigenvalue weighted by molar-refractivity contribution is -0.148. The number of nitrogens with two attached hydrogens (primary N) is 1. The molecule has 4 aliphatic carbocycles. The van der Waals surface area contributed by atoms with Crippen LogP contribution in [0, 0.1) is 22.2 Å². The molecule has 0 heterocycles. The standard InChI is InChI=1S/C16H29NO3S/c1-14-6-12-7-15(2,9-14)11-16(8-12,10-14)5-3-4-13(17)21(18,19)20/h12-13H,3-11,17H2,1-2H3,(H,18,19,20). The minimum Gasteiger partial charge on any atom is -0.313 e. The topological polar surface area (TPSA) is 80.4 Å². The van der Waals surface area contributed by atoms with E-state index in [2.05, 4.69) is 13.8 Å². The van der Waals surface area contributed by atoms with E-state index < -0.39 is 15.5 Å². The smallest absolute Gasteiger partial charge is 0.280 e. The summed E-state index contributed by atoms with van der Waals surface area (Å²) in [6, 6.07) is 0. The average molecular weight is 315 g/mol. The molecule has 0 amide bonds. The molecule has 4 saturated carbocycles. The van der Waals surface area contributed by atoms with Crippen LogP contribution in [0.4, 0.5) is 0 Å². The van der Waals surface area contributed by atoms with Crippen LogP contribution in [0.5, 0.6) is 0 Å². The Morgan fingerprint density at radius 2 is 1.71 bits per heavy atom. The summed E-state index contributed by atoms with van der Waals surface area (Å²) in [5, 5.41) is -1.11. The number of hydrogen-bond acceptors (Lipinski definition) is 3. The zero-order valence-corrected chi connectivity index (χ0v) is 14.1. The van der Waals surface area contributed by atoms with Gasteiger partial charge < -0.3 is 5.73 Å². The fourth-order valence-corrected chi connectivity index (χ4v) is 7.25. The largest absolute Gasteiger partial charge is 0.313 e. The van der Waals surface area contributed by atoms with E-state index in [1.54, 1.807) is 0 Å². The molecule has 4 fully saturated rings. The van der Waals surface area contributed by atoms with Crippen LogP contribution in [0.1, 0.15) is 71.6 Å². The number of rotatable bonds is 5. The summed E-state index contributed by atoms with van der Waals surface area (Å²) in [7, 11) is -4.08. The highest BCUT2D eigenvalue weighted by molar-refractivity contribution is 7.86. The molecule has 21 heavy (non-hydrogen) atoms. The second kappa shape index (κ2) is 4.68. The molecule has 4 bridgehead atoms. The monoisotopic (exact) mass is 315 g/mol. The minimum atomic E-state index is -4.08. The maximum atomic E-state index is 11.0. The molecule has 0 saturated heterocycles. The van der Waals surface area contributed by atoms with Gasteiger partial charge in [-0.25, -0.2) is 0 Å². The molecule has 0 spiro atoms. The molecule has 4 aliphatic rings. The molecule has 0 aliphatic heterocycles.